The second-order valence-corrected chi connectivity index (χ2v) is 5.84. The van der Waals surface area contributed by atoms with E-state index in [-0.39, 0.29) is 0 Å². The van der Waals surface area contributed by atoms with Crippen LogP contribution in [0.4, 0.5) is 0 Å². The average Bonchev–Trinajstić information content (AvgIpc) is 2.67. The van der Waals surface area contributed by atoms with Crippen LogP contribution in [-0.4, -0.2) is 29.6 Å². The number of thioether (sulfide) groups is 1. The molecule has 0 amide bonds. The number of aromatic carboxylic acids is 1. The van der Waals surface area contributed by atoms with Gasteiger partial charge in [-0.05, 0) is 36.6 Å². The smallest absolute Gasteiger partial charge is 0.345 e. The summed E-state index contributed by atoms with van der Waals surface area (Å²) in [7, 11) is 0. The predicted octanol–water partition coefficient (Wildman–Crippen LogP) is 2.54. The van der Waals surface area contributed by atoms with Gasteiger partial charge < -0.3 is 10.4 Å². The molecule has 0 aliphatic rings. The quantitative estimate of drug-likeness (QED) is 0.790. The molecule has 90 valence electrons. The van der Waals surface area contributed by atoms with Crippen LogP contribution in [0.2, 0.25) is 0 Å². The summed E-state index contributed by atoms with van der Waals surface area (Å²) >= 11 is 3.19. The Morgan fingerprint density at radius 2 is 2.38 bits per heavy atom. The average molecular weight is 259 g/mol. The fraction of sp³-hybridized carbons (Fsp3) is 0.545. The maximum absolute atomic E-state index is 10.7. The minimum Gasteiger partial charge on any atom is -0.477 e. The molecule has 0 fully saturated rings. The molecule has 1 atom stereocenters. The number of nitrogens with one attached hydrogen (secondary N) is 1. The van der Waals surface area contributed by atoms with Crippen molar-refractivity contribution < 1.29 is 9.90 Å². The molecule has 16 heavy (non-hydrogen) atoms. The zero-order valence-corrected chi connectivity index (χ0v) is 11.2. The molecule has 3 nitrogen and oxygen atoms in total. The Balaban J connectivity index is 2.29. The molecule has 5 heteroatoms. The molecule has 0 spiro atoms. The van der Waals surface area contributed by atoms with Crippen LogP contribution in [0.5, 0.6) is 0 Å². The van der Waals surface area contributed by atoms with E-state index in [0.717, 1.165) is 23.7 Å². The van der Waals surface area contributed by atoms with Crippen LogP contribution >= 0.6 is 23.1 Å². The fourth-order valence-electron chi connectivity index (χ4n) is 1.37. The highest BCUT2D eigenvalue weighted by atomic mass is 32.2. The van der Waals surface area contributed by atoms with E-state index in [4.69, 9.17) is 5.11 Å². The standard InChI is InChI=1S/C11H17NO2S2/c1-8(7-15-2)5-12-6-9-3-4-10(16-9)11(13)14/h3-4,8,12H,5-7H2,1-2H3,(H,13,14). The lowest BCUT2D eigenvalue weighted by Gasteiger charge is -2.09. The number of carboxylic acid groups (broad SMARTS) is 1. The Morgan fingerprint density at radius 1 is 1.62 bits per heavy atom. The molecule has 1 heterocycles. The highest BCUT2D eigenvalue weighted by molar-refractivity contribution is 7.98. The zero-order chi connectivity index (χ0) is 12.0. The van der Waals surface area contributed by atoms with Crippen LogP contribution in [0.25, 0.3) is 0 Å². The van der Waals surface area contributed by atoms with Gasteiger partial charge in [0.05, 0.1) is 0 Å². The third-order valence-electron chi connectivity index (χ3n) is 2.12. The molecule has 0 saturated heterocycles. The molecule has 1 aromatic rings. The van der Waals surface area contributed by atoms with Crippen LogP contribution in [0, 0.1) is 5.92 Å². The number of rotatable bonds is 7. The van der Waals surface area contributed by atoms with E-state index in [1.165, 1.54) is 11.3 Å². The third kappa shape index (κ3) is 4.55. The number of carbonyl (C=O) groups is 1. The van der Waals surface area contributed by atoms with E-state index in [1.54, 1.807) is 6.07 Å². The number of hydrogen-bond donors (Lipinski definition) is 2. The van der Waals surface area contributed by atoms with Crippen LogP contribution < -0.4 is 5.32 Å². The third-order valence-corrected chi connectivity index (χ3v) is 4.09. The summed E-state index contributed by atoms with van der Waals surface area (Å²) < 4.78 is 0. The highest BCUT2D eigenvalue weighted by Gasteiger charge is 2.06. The first kappa shape index (κ1) is 13.5. The van der Waals surface area contributed by atoms with Gasteiger partial charge in [0, 0.05) is 11.4 Å². The van der Waals surface area contributed by atoms with Gasteiger partial charge in [-0.25, -0.2) is 4.79 Å². The van der Waals surface area contributed by atoms with Gasteiger partial charge in [0.1, 0.15) is 4.88 Å². The predicted molar refractivity (Wildman–Crippen MR) is 70.5 cm³/mol. The van der Waals surface area contributed by atoms with Gasteiger partial charge in [-0.15, -0.1) is 11.3 Å². The van der Waals surface area contributed by atoms with Crippen molar-refractivity contribution in [2.24, 2.45) is 5.92 Å². The lowest BCUT2D eigenvalue weighted by atomic mass is 10.2. The Bertz CT molecular complexity index is 338. The minimum atomic E-state index is -0.841. The van der Waals surface area contributed by atoms with Crippen LogP contribution in [0.1, 0.15) is 21.5 Å². The summed E-state index contributed by atoms with van der Waals surface area (Å²) in [5, 5.41) is 12.1. The van der Waals surface area contributed by atoms with Crippen molar-refractivity contribution >= 4 is 29.1 Å². The maximum atomic E-state index is 10.7. The molecule has 0 aliphatic carbocycles. The largest absolute Gasteiger partial charge is 0.477 e. The van der Waals surface area contributed by atoms with Gasteiger partial charge in [0.25, 0.3) is 0 Å². The molecule has 2 N–H and O–H groups in total. The van der Waals surface area contributed by atoms with Crippen LogP contribution in [0.15, 0.2) is 12.1 Å². The first-order chi connectivity index (χ1) is 7.63. The number of carboxylic acids is 1. The van der Waals surface area contributed by atoms with Gasteiger partial charge in [-0.3, -0.25) is 0 Å². The zero-order valence-electron chi connectivity index (χ0n) is 9.53. The second kappa shape index (κ2) is 6.93. The fourth-order valence-corrected chi connectivity index (χ4v) is 2.88. The minimum absolute atomic E-state index is 0.411. The molecular weight excluding hydrogens is 242 g/mol. The number of hydrogen-bond acceptors (Lipinski definition) is 4. The molecule has 0 aliphatic heterocycles. The SMILES string of the molecule is CSCC(C)CNCc1ccc(C(=O)O)s1. The van der Waals surface area contributed by atoms with Crippen molar-refractivity contribution in [3.05, 3.63) is 21.9 Å². The van der Waals surface area contributed by atoms with Gasteiger partial charge in [0.15, 0.2) is 0 Å². The lowest BCUT2D eigenvalue weighted by Crippen LogP contribution is -2.21. The summed E-state index contributed by atoms with van der Waals surface area (Å²) in [5.41, 5.74) is 0. The summed E-state index contributed by atoms with van der Waals surface area (Å²) in [6, 6.07) is 3.54. The van der Waals surface area contributed by atoms with Crippen LogP contribution in [0.3, 0.4) is 0 Å². The molecule has 1 unspecified atom stereocenters. The van der Waals surface area contributed by atoms with E-state index >= 15 is 0 Å². The molecular formula is C11H17NO2S2. The molecule has 0 radical (unpaired) electrons. The van der Waals surface area contributed by atoms with E-state index < -0.39 is 5.97 Å². The van der Waals surface area contributed by atoms with E-state index in [0.29, 0.717) is 10.8 Å². The van der Waals surface area contributed by atoms with Crippen molar-refractivity contribution in [1.82, 2.24) is 5.32 Å². The number of thiophene rings is 1. The van der Waals surface area contributed by atoms with Crippen molar-refractivity contribution in [3.63, 3.8) is 0 Å². The van der Waals surface area contributed by atoms with Crippen molar-refractivity contribution in [2.75, 3.05) is 18.6 Å². The Hall–Kier alpha value is -0.520. The Labute approximate surface area is 104 Å². The highest BCUT2D eigenvalue weighted by Crippen LogP contribution is 2.16. The van der Waals surface area contributed by atoms with Crippen molar-refractivity contribution in [1.29, 1.82) is 0 Å². The van der Waals surface area contributed by atoms with Gasteiger partial charge in [-0.2, -0.15) is 11.8 Å². The maximum Gasteiger partial charge on any atom is 0.345 e. The molecule has 1 rings (SSSR count). The summed E-state index contributed by atoms with van der Waals surface area (Å²) in [5.74, 6) is 0.957. The topological polar surface area (TPSA) is 49.3 Å². The van der Waals surface area contributed by atoms with Gasteiger partial charge in [0.2, 0.25) is 0 Å². The van der Waals surface area contributed by atoms with Gasteiger partial charge >= 0.3 is 5.97 Å². The normalized spacial score (nSPS) is 12.6. The molecule has 0 aromatic carbocycles. The van der Waals surface area contributed by atoms with E-state index in [1.807, 2.05) is 17.8 Å². The van der Waals surface area contributed by atoms with E-state index in [9.17, 15) is 4.79 Å². The first-order valence-electron chi connectivity index (χ1n) is 5.15. The van der Waals surface area contributed by atoms with Crippen LogP contribution in [-0.2, 0) is 6.54 Å². The monoisotopic (exact) mass is 259 g/mol. The first-order valence-corrected chi connectivity index (χ1v) is 7.36. The van der Waals surface area contributed by atoms with Crippen molar-refractivity contribution in [2.45, 2.75) is 13.5 Å². The molecule has 0 saturated carbocycles. The summed E-state index contributed by atoms with van der Waals surface area (Å²) in [4.78, 5) is 12.2. The van der Waals surface area contributed by atoms with E-state index in [2.05, 4.69) is 18.5 Å². The summed E-state index contributed by atoms with van der Waals surface area (Å²) in [6.07, 6.45) is 2.11. The molecule has 1 aromatic heterocycles. The van der Waals surface area contributed by atoms with Gasteiger partial charge in [-0.1, -0.05) is 6.92 Å². The molecule has 0 bridgehead atoms. The lowest BCUT2D eigenvalue weighted by molar-refractivity contribution is 0.0702. The Kier molecular flexibility index (Phi) is 5.87. The Morgan fingerprint density at radius 3 is 2.94 bits per heavy atom. The summed E-state index contributed by atoms with van der Waals surface area (Å²) in [6.45, 7) is 3.94. The second-order valence-electron chi connectivity index (χ2n) is 3.76. The van der Waals surface area contributed by atoms with Crippen molar-refractivity contribution in [3.8, 4) is 0 Å².